The molecule has 1 fully saturated rings. The van der Waals surface area contributed by atoms with Gasteiger partial charge in [-0.25, -0.2) is 0 Å². The second kappa shape index (κ2) is 5.58. The summed E-state index contributed by atoms with van der Waals surface area (Å²) in [6.07, 6.45) is 3.10. The maximum atomic E-state index is 12.4. The fraction of sp³-hybridized carbons (Fsp3) is 0.400. The summed E-state index contributed by atoms with van der Waals surface area (Å²) in [5.41, 5.74) is 1.55. The highest BCUT2D eigenvalue weighted by Gasteiger charge is 2.26. The van der Waals surface area contributed by atoms with E-state index in [0.717, 1.165) is 28.6 Å². The Morgan fingerprint density at radius 1 is 1.45 bits per heavy atom. The van der Waals surface area contributed by atoms with E-state index in [1.54, 1.807) is 4.90 Å². The summed E-state index contributed by atoms with van der Waals surface area (Å²) < 4.78 is 6.59. The average molecular weight is 338 g/mol. The van der Waals surface area contributed by atoms with E-state index in [2.05, 4.69) is 15.9 Å². The van der Waals surface area contributed by atoms with Gasteiger partial charge in [-0.3, -0.25) is 4.79 Å². The fourth-order valence-electron chi connectivity index (χ4n) is 2.61. The third-order valence-corrected chi connectivity index (χ3v) is 4.14. The molecule has 106 valence electrons. The molecule has 1 atom stereocenters. The first-order valence-corrected chi connectivity index (χ1v) is 7.53. The minimum absolute atomic E-state index is 0.0330. The Kier molecular flexibility index (Phi) is 3.81. The molecule has 2 heterocycles. The molecular weight excluding hydrogens is 322 g/mol. The van der Waals surface area contributed by atoms with Crippen LogP contribution in [0.15, 0.2) is 28.2 Å². The number of amides is 1. The van der Waals surface area contributed by atoms with E-state index in [0.29, 0.717) is 25.3 Å². The summed E-state index contributed by atoms with van der Waals surface area (Å²) in [6, 6.07) is 5.75. The zero-order chi connectivity index (χ0) is 14.1. The van der Waals surface area contributed by atoms with E-state index in [4.69, 9.17) is 4.74 Å². The number of likely N-dealkylation sites (tertiary alicyclic amines) is 1. The van der Waals surface area contributed by atoms with Gasteiger partial charge in [-0.1, -0.05) is 15.9 Å². The Balaban J connectivity index is 1.82. The van der Waals surface area contributed by atoms with Crippen molar-refractivity contribution in [2.45, 2.75) is 18.9 Å². The van der Waals surface area contributed by atoms with Crippen LogP contribution in [0.5, 0.6) is 5.75 Å². The summed E-state index contributed by atoms with van der Waals surface area (Å²) in [6.45, 7) is 1.42. The van der Waals surface area contributed by atoms with Gasteiger partial charge >= 0.3 is 0 Å². The van der Waals surface area contributed by atoms with Crippen molar-refractivity contribution in [1.82, 2.24) is 4.90 Å². The van der Waals surface area contributed by atoms with Crippen LogP contribution in [-0.2, 0) is 4.79 Å². The lowest BCUT2D eigenvalue weighted by molar-refractivity contribution is -0.130. The Labute approximate surface area is 126 Å². The molecule has 0 bridgehead atoms. The Morgan fingerprint density at radius 3 is 3.10 bits per heavy atom. The summed E-state index contributed by atoms with van der Waals surface area (Å²) in [5, 5.41) is 9.67. The molecule has 2 aliphatic rings. The third-order valence-electron chi connectivity index (χ3n) is 3.64. The van der Waals surface area contributed by atoms with Crippen LogP contribution in [0.25, 0.3) is 6.08 Å². The first kappa shape index (κ1) is 13.6. The molecule has 4 nitrogen and oxygen atoms in total. The van der Waals surface area contributed by atoms with Crippen LogP contribution in [-0.4, -0.2) is 41.7 Å². The number of nitrogens with zero attached hydrogens (tertiary/aromatic N) is 1. The number of hydrogen-bond acceptors (Lipinski definition) is 3. The highest BCUT2D eigenvalue weighted by molar-refractivity contribution is 9.10. The first-order valence-electron chi connectivity index (χ1n) is 6.74. The molecule has 0 aromatic heterocycles. The number of carbonyl (C=O) groups excluding carboxylic acids is 1. The monoisotopic (exact) mass is 337 g/mol. The van der Waals surface area contributed by atoms with Crippen molar-refractivity contribution in [2.24, 2.45) is 0 Å². The molecule has 1 amide bonds. The zero-order valence-corrected chi connectivity index (χ0v) is 12.6. The third kappa shape index (κ3) is 2.74. The molecule has 0 spiro atoms. The summed E-state index contributed by atoms with van der Waals surface area (Å²) in [5.74, 6) is 0.762. The van der Waals surface area contributed by atoms with E-state index >= 15 is 0 Å². The standard InChI is InChI=1S/C15H16BrNO3/c16-12-3-4-14-10(7-12)6-11(9-20-14)15(19)17-5-1-2-13(18)8-17/h3-4,6-7,13,18H,1-2,5,8-9H2. The van der Waals surface area contributed by atoms with Crippen molar-refractivity contribution >= 4 is 27.9 Å². The summed E-state index contributed by atoms with van der Waals surface area (Å²) in [7, 11) is 0. The van der Waals surface area contributed by atoms with Crippen molar-refractivity contribution in [2.75, 3.05) is 19.7 Å². The quantitative estimate of drug-likeness (QED) is 0.854. The number of rotatable bonds is 1. The van der Waals surface area contributed by atoms with Gasteiger partial charge in [-0.15, -0.1) is 0 Å². The van der Waals surface area contributed by atoms with E-state index < -0.39 is 6.10 Å². The molecule has 1 unspecified atom stereocenters. The van der Waals surface area contributed by atoms with E-state index in [9.17, 15) is 9.90 Å². The summed E-state index contributed by atoms with van der Waals surface area (Å²) >= 11 is 3.42. The number of ether oxygens (including phenoxy) is 1. The van der Waals surface area contributed by atoms with Gasteiger partial charge in [0.1, 0.15) is 12.4 Å². The maximum Gasteiger partial charge on any atom is 0.253 e. The van der Waals surface area contributed by atoms with Gasteiger partial charge in [-0.05, 0) is 37.1 Å². The fourth-order valence-corrected chi connectivity index (χ4v) is 2.99. The second-order valence-electron chi connectivity index (χ2n) is 5.19. The number of β-amino-alcohol motifs (C(OH)–C–C–N with tert-alkyl or cyclic N) is 1. The largest absolute Gasteiger partial charge is 0.488 e. The predicted molar refractivity (Wildman–Crippen MR) is 79.4 cm³/mol. The predicted octanol–water partition coefficient (Wildman–Crippen LogP) is 2.21. The molecule has 5 heteroatoms. The molecular formula is C15H16BrNO3. The lowest BCUT2D eigenvalue weighted by atomic mass is 10.0. The molecule has 1 N–H and O–H groups in total. The molecule has 1 saturated heterocycles. The Hall–Kier alpha value is -1.33. The van der Waals surface area contributed by atoms with Crippen LogP contribution in [0.2, 0.25) is 0 Å². The van der Waals surface area contributed by atoms with Crippen LogP contribution in [0.4, 0.5) is 0 Å². The molecule has 20 heavy (non-hydrogen) atoms. The van der Waals surface area contributed by atoms with Gasteiger partial charge in [0.05, 0.1) is 11.7 Å². The molecule has 1 aromatic carbocycles. The lowest BCUT2D eigenvalue weighted by Crippen LogP contribution is -2.43. The molecule has 2 aliphatic heterocycles. The van der Waals surface area contributed by atoms with Gasteiger partial charge in [0.15, 0.2) is 0 Å². The van der Waals surface area contributed by atoms with Crippen molar-refractivity contribution in [1.29, 1.82) is 0 Å². The minimum Gasteiger partial charge on any atom is -0.488 e. The number of piperidine rings is 1. The van der Waals surface area contributed by atoms with E-state index in [1.807, 2.05) is 24.3 Å². The molecule has 3 rings (SSSR count). The van der Waals surface area contributed by atoms with Gasteiger partial charge in [0.2, 0.25) is 0 Å². The van der Waals surface area contributed by atoms with Crippen molar-refractivity contribution in [3.63, 3.8) is 0 Å². The first-order chi connectivity index (χ1) is 9.63. The van der Waals surface area contributed by atoms with E-state index in [1.165, 1.54) is 0 Å². The van der Waals surface area contributed by atoms with Gasteiger partial charge in [0, 0.05) is 23.1 Å². The smallest absolute Gasteiger partial charge is 0.253 e. The minimum atomic E-state index is -0.403. The topological polar surface area (TPSA) is 49.8 Å². The van der Waals surface area contributed by atoms with Gasteiger partial charge in [0.25, 0.3) is 5.91 Å². The van der Waals surface area contributed by atoms with E-state index in [-0.39, 0.29) is 5.91 Å². The molecule has 0 radical (unpaired) electrons. The highest BCUT2D eigenvalue weighted by atomic mass is 79.9. The number of aliphatic hydroxyl groups excluding tert-OH is 1. The lowest BCUT2D eigenvalue weighted by Gasteiger charge is -2.31. The Morgan fingerprint density at radius 2 is 2.30 bits per heavy atom. The van der Waals surface area contributed by atoms with Crippen molar-refractivity contribution in [3.05, 3.63) is 33.8 Å². The number of aliphatic hydroxyl groups is 1. The van der Waals surface area contributed by atoms with Crippen LogP contribution in [0.1, 0.15) is 18.4 Å². The maximum absolute atomic E-state index is 12.4. The number of hydrogen-bond donors (Lipinski definition) is 1. The SMILES string of the molecule is O=C(C1=Cc2cc(Br)ccc2OC1)N1CCCC(O)C1. The second-order valence-corrected chi connectivity index (χ2v) is 6.10. The van der Waals surface area contributed by atoms with Gasteiger partial charge < -0.3 is 14.7 Å². The normalized spacial score (nSPS) is 21.8. The summed E-state index contributed by atoms with van der Waals surface area (Å²) in [4.78, 5) is 14.2. The Bertz CT molecular complexity index is 570. The number of fused-ring (bicyclic) bond motifs is 1. The van der Waals surface area contributed by atoms with Crippen molar-refractivity contribution < 1.29 is 14.6 Å². The van der Waals surface area contributed by atoms with Crippen LogP contribution in [0.3, 0.4) is 0 Å². The average Bonchev–Trinajstić information content (AvgIpc) is 2.45. The highest BCUT2D eigenvalue weighted by Crippen LogP contribution is 2.30. The van der Waals surface area contributed by atoms with Gasteiger partial charge in [-0.2, -0.15) is 0 Å². The number of halogens is 1. The van der Waals surface area contributed by atoms with Crippen molar-refractivity contribution in [3.8, 4) is 5.75 Å². The molecule has 0 saturated carbocycles. The number of benzene rings is 1. The van der Waals surface area contributed by atoms with Crippen LogP contribution >= 0.6 is 15.9 Å². The van der Waals surface area contributed by atoms with Crippen LogP contribution in [0, 0.1) is 0 Å². The van der Waals surface area contributed by atoms with Crippen LogP contribution < -0.4 is 4.74 Å². The molecule has 0 aliphatic carbocycles. The number of carbonyl (C=O) groups is 1. The molecule has 1 aromatic rings. The zero-order valence-electron chi connectivity index (χ0n) is 11.0.